The summed E-state index contributed by atoms with van der Waals surface area (Å²) >= 11 is 0. The Kier molecular flexibility index (Phi) is 8.76. The molecule has 5 N–H and O–H groups in total. The SMILES string of the molecule is C[C@@H]1C[C@H](C(F)(F)F)n2nc(C3CCCN3C(=O)c3ccnn3C)cc2N1.O=C(O)CC(O)(CC(=O)O)C(=O)O. The predicted molar refractivity (Wildman–Crippen MR) is 128 cm³/mol. The fourth-order valence-electron chi connectivity index (χ4n) is 4.70. The maximum atomic E-state index is 13.5. The van der Waals surface area contributed by atoms with Crippen LogP contribution in [0.1, 0.15) is 67.3 Å². The molecular formula is C23H29F3N6O8. The van der Waals surface area contributed by atoms with Gasteiger partial charge in [0.05, 0.1) is 24.6 Å². The van der Waals surface area contributed by atoms with Gasteiger partial charge in [-0.3, -0.25) is 19.1 Å². The first-order valence-corrected chi connectivity index (χ1v) is 12.1. The summed E-state index contributed by atoms with van der Waals surface area (Å²) in [5, 5.41) is 45.2. The van der Waals surface area contributed by atoms with Crippen molar-refractivity contribution in [2.75, 3.05) is 11.9 Å². The topological polar surface area (TPSA) is 200 Å². The van der Waals surface area contributed by atoms with E-state index in [0.29, 0.717) is 30.2 Å². The highest BCUT2D eigenvalue weighted by atomic mass is 19.4. The molecule has 1 unspecified atom stereocenters. The number of hydrogen-bond donors (Lipinski definition) is 5. The number of aliphatic hydroxyl groups is 1. The van der Waals surface area contributed by atoms with E-state index in [-0.39, 0.29) is 24.4 Å². The number of nitrogens with zero attached hydrogens (tertiary/aromatic N) is 5. The molecule has 3 atom stereocenters. The van der Waals surface area contributed by atoms with E-state index in [9.17, 15) is 32.3 Å². The molecule has 1 saturated heterocycles. The van der Waals surface area contributed by atoms with Gasteiger partial charge >= 0.3 is 24.1 Å². The summed E-state index contributed by atoms with van der Waals surface area (Å²) in [6.07, 6.45) is -3.72. The average Bonchev–Trinajstić information content (AvgIpc) is 3.55. The van der Waals surface area contributed by atoms with Crippen LogP contribution in [0.4, 0.5) is 19.0 Å². The van der Waals surface area contributed by atoms with Gasteiger partial charge in [-0.25, -0.2) is 9.48 Å². The minimum atomic E-state index is -4.37. The first kappa shape index (κ1) is 30.4. The van der Waals surface area contributed by atoms with Gasteiger partial charge in [0, 0.05) is 31.9 Å². The van der Waals surface area contributed by atoms with Crippen molar-refractivity contribution in [3.8, 4) is 0 Å². The van der Waals surface area contributed by atoms with Crippen LogP contribution in [0.25, 0.3) is 0 Å². The van der Waals surface area contributed by atoms with Crippen molar-refractivity contribution in [1.82, 2.24) is 24.5 Å². The van der Waals surface area contributed by atoms with Crippen LogP contribution in [0, 0.1) is 0 Å². The minimum absolute atomic E-state index is 0.0695. The molecule has 1 amide bonds. The predicted octanol–water partition coefficient (Wildman–Crippen LogP) is 1.65. The van der Waals surface area contributed by atoms with E-state index in [1.807, 2.05) is 0 Å². The number of fused-ring (bicyclic) bond motifs is 1. The number of alkyl halides is 3. The van der Waals surface area contributed by atoms with E-state index in [1.165, 1.54) is 4.68 Å². The molecule has 2 aromatic heterocycles. The fourth-order valence-corrected chi connectivity index (χ4v) is 4.70. The largest absolute Gasteiger partial charge is 0.481 e. The maximum Gasteiger partial charge on any atom is 0.410 e. The second-order valence-electron chi connectivity index (χ2n) is 9.71. The Balaban J connectivity index is 0.000000289. The van der Waals surface area contributed by atoms with Crippen LogP contribution in [0.2, 0.25) is 0 Å². The molecule has 0 spiro atoms. The lowest BCUT2D eigenvalue weighted by Gasteiger charge is -2.31. The van der Waals surface area contributed by atoms with Crippen molar-refractivity contribution in [3.63, 3.8) is 0 Å². The molecule has 0 aliphatic carbocycles. The number of rotatable bonds is 7. The highest BCUT2D eigenvalue weighted by molar-refractivity contribution is 5.93. The van der Waals surface area contributed by atoms with Crippen LogP contribution >= 0.6 is 0 Å². The highest BCUT2D eigenvalue weighted by Gasteiger charge is 2.46. The molecule has 4 rings (SSSR count). The number of halogens is 3. The molecule has 1 fully saturated rings. The van der Waals surface area contributed by atoms with Gasteiger partial charge in [-0.1, -0.05) is 0 Å². The molecule has 0 aromatic carbocycles. The molecule has 0 bridgehead atoms. The number of carboxylic acids is 3. The van der Waals surface area contributed by atoms with Crippen molar-refractivity contribution in [1.29, 1.82) is 0 Å². The van der Waals surface area contributed by atoms with Crippen molar-refractivity contribution in [3.05, 3.63) is 29.7 Å². The Labute approximate surface area is 225 Å². The number of hydrogen-bond acceptors (Lipinski definition) is 8. The summed E-state index contributed by atoms with van der Waals surface area (Å²) in [7, 11) is 1.69. The van der Waals surface area contributed by atoms with Gasteiger partial charge in [0.1, 0.15) is 11.5 Å². The molecule has 4 heterocycles. The zero-order valence-electron chi connectivity index (χ0n) is 21.5. The Bertz CT molecular complexity index is 1260. The summed E-state index contributed by atoms with van der Waals surface area (Å²) in [6.45, 7) is 2.27. The number of aryl methyl sites for hydroxylation is 1. The quantitative estimate of drug-likeness (QED) is 0.322. The van der Waals surface area contributed by atoms with Gasteiger partial charge in [-0.15, -0.1) is 0 Å². The third-order valence-electron chi connectivity index (χ3n) is 6.58. The van der Waals surface area contributed by atoms with Gasteiger partial charge in [0.15, 0.2) is 11.6 Å². The standard InChI is InChI=1S/C17H21F3N6O.C6H8O7/c1-10-8-14(17(18,19)20)26-15(22-10)9-11(23-26)12-4-3-7-25(12)16(27)13-5-6-21-24(13)2;7-3(8)1-6(13,5(11)12)2-4(9)10/h5-6,9-10,12,14,22H,3-4,7-8H2,1-2H3;13H,1-2H2,(H,7,8)(H,9,10)(H,11,12)/t10-,12?,14-;/m1./s1. The van der Waals surface area contributed by atoms with Crippen LogP contribution in [0.5, 0.6) is 0 Å². The summed E-state index contributed by atoms with van der Waals surface area (Å²) in [5.74, 6) is -4.85. The van der Waals surface area contributed by atoms with E-state index in [1.54, 1.807) is 37.2 Å². The lowest BCUT2D eigenvalue weighted by Crippen LogP contribution is -2.42. The van der Waals surface area contributed by atoms with E-state index < -0.39 is 48.6 Å². The lowest BCUT2D eigenvalue weighted by molar-refractivity contribution is -0.173. The van der Waals surface area contributed by atoms with Gasteiger partial charge in [0.25, 0.3) is 5.91 Å². The zero-order chi connectivity index (χ0) is 30.0. The first-order valence-electron chi connectivity index (χ1n) is 12.1. The van der Waals surface area contributed by atoms with Gasteiger partial charge < -0.3 is 30.6 Å². The normalized spacial score (nSPS) is 20.6. The smallest absolute Gasteiger partial charge is 0.410 e. The lowest BCUT2D eigenvalue weighted by atomic mass is 9.96. The molecular weight excluding hydrogens is 545 g/mol. The number of carboxylic acid groups (broad SMARTS) is 3. The first-order chi connectivity index (χ1) is 18.5. The van der Waals surface area contributed by atoms with Crippen LogP contribution < -0.4 is 5.32 Å². The number of likely N-dealkylation sites (tertiary alicyclic amines) is 1. The number of aromatic nitrogens is 4. The summed E-state index contributed by atoms with van der Waals surface area (Å²) < 4.78 is 42.9. The number of nitrogens with one attached hydrogen (secondary N) is 1. The number of carbonyl (C=O) groups excluding carboxylic acids is 1. The van der Waals surface area contributed by atoms with E-state index in [2.05, 4.69) is 15.5 Å². The molecule has 2 aliphatic heterocycles. The molecule has 220 valence electrons. The van der Waals surface area contributed by atoms with Gasteiger partial charge in [-0.2, -0.15) is 23.4 Å². The van der Waals surface area contributed by atoms with Crippen molar-refractivity contribution >= 4 is 29.6 Å². The summed E-state index contributed by atoms with van der Waals surface area (Å²) in [5.41, 5.74) is -1.79. The molecule has 0 radical (unpaired) electrons. The molecule has 40 heavy (non-hydrogen) atoms. The second-order valence-corrected chi connectivity index (χ2v) is 9.71. The minimum Gasteiger partial charge on any atom is -0.481 e. The monoisotopic (exact) mass is 574 g/mol. The molecule has 0 saturated carbocycles. The number of anilines is 1. The highest BCUT2D eigenvalue weighted by Crippen LogP contribution is 2.41. The Hall–Kier alpha value is -4.15. The van der Waals surface area contributed by atoms with Crippen molar-refractivity contribution in [2.45, 2.75) is 68.9 Å². The van der Waals surface area contributed by atoms with Gasteiger partial charge in [-0.05, 0) is 32.3 Å². The van der Waals surface area contributed by atoms with Crippen molar-refractivity contribution in [2.24, 2.45) is 7.05 Å². The van der Waals surface area contributed by atoms with Crippen molar-refractivity contribution < 1.29 is 52.8 Å². The maximum absolute atomic E-state index is 13.5. The molecule has 14 nitrogen and oxygen atoms in total. The number of amides is 1. The number of aliphatic carboxylic acids is 3. The van der Waals surface area contributed by atoms with Crippen LogP contribution in [-0.2, 0) is 21.4 Å². The molecule has 17 heteroatoms. The Morgan fingerprint density at radius 1 is 1.12 bits per heavy atom. The average molecular weight is 575 g/mol. The summed E-state index contributed by atoms with van der Waals surface area (Å²) in [6, 6.07) is 0.994. The van der Waals surface area contributed by atoms with E-state index >= 15 is 0 Å². The van der Waals surface area contributed by atoms with E-state index in [4.69, 9.17) is 20.4 Å². The zero-order valence-corrected chi connectivity index (χ0v) is 21.5. The molecule has 2 aromatic rings. The van der Waals surface area contributed by atoms with Gasteiger partial charge in [0.2, 0.25) is 0 Å². The third kappa shape index (κ3) is 6.70. The fraction of sp³-hybridized carbons (Fsp3) is 0.565. The second kappa shape index (κ2) is 11.5. The van der Waals surface area contributed by atoms with Crippen LogP contribution in [0.15, 0.2) is 18.3 Å². The van der Waals surface area contributed by atoms with E-state index in [0.717, 1.165) is 11.1 Å². The summed E-state index contributed by atoms with van der Waals surface area (Å²) in [4.78, 5) is 45.0. The molecule has 2 aliphatic rings. The van der Waals surface area contributed by atoms with Crippen LogP contribution in [0.3, 0.4) is 0 Å². The Morgan fingerprint density at radius 2 is 1.75 bits per heavy atom. The van der Waals surface area contributed by atoms with Crippen LogP contribution in [-0.4, -0.2) is 93.1 Å². The Morgan fingerprint density at radius 3 is 2.25 bits per heavy atom. The third-order valence-corrected chi connectivity index (χ3v) is 6.58. The number of carbonyl (C=O) groups is 4.